The van der Waals surface area contributed by atoms with E-state index in [2.05, 4.69) is 11.9 Å². The van der Waals surface area contributed by atoms with Crippen molar-refractivity contribution in [3.8, 4) is 0 Å². The largest absolute Gasteiger partial charge is 0.387 e. The van der Waals surface area contributed by atoms with Crippen LogP contribution in [0.4, 0.5) is 4.79 Å². The summed E-state index contributed by atoms with van der Waals surface area (Å²) in [5.74, 6) is 0.458. The third-order valence-electron chi connectivity index (χ3n) is 2.22. The zero-order valence-corrected chi connectivity index (χ0v) is 7.58. The van der Waals surface area contributed by atoms with E-state index < -0.39 is 0 Å². The molecule has 0 aliphatic carbocycles. The zero-order valence-electron chi connectivity index (χ0n) is 7.58. The first-order valence-corrected chi connectivity index (χ1v) is 4.28. The predicted molar refractivity (Wildman–Crippen MR) is 48.1 cm³/mol. The number of nitrogens with two attached hydrogens (primary N) is 1. The molecule has 2 N–H and O–H groups in total. The summed E-state index contributed by atoms with van der Waals surface area (Å²) in [5.41, 5.74) is 5.43. The predicted octanol–water partition coefficient (Wildman–Crippen LogP) is 0.968. The number of carbonyl (C=O) groups excluding carboxylic acids is 1. The molecule has 0 fully saturated rings. The van der Waals surface area contributed by atoms with Crippen molar-refractivity contribution in [2.75, 3.05) is 6.54 Å². The van der Waals surface area contributed by atoms with Gasteiger partial charge in [-0.15, -0.1) is 0 Å². The van der Waals surface area contributed by atoms with Gasteiger partial charge in [-0.25, -0.2) is 4.79 Å². The van der Waals surface area contributed by atoms with Crippen LogP contribution in [0.5, 0.6) is 0 Å². The van der Waals surface area contributed by atoms with Gasteiger partial charge in [-0.05, 0) is 13.3 Å². The van der Waals surface area contributed by atoms with Crippen molar-refractivity contribution in [3.63, 3.8) is 0 Å². The number of rotatable bonds is 2. The van der Waals surface area contributed by atoms with Crippen LogP contribution >= 0.6 is 0 Å². The summed E-state index contributed by atoms with van der Waals surface area (Å²) in [4.78, 5) is 16.7. The molecule has 0 saturated carbocycles. The highest BCUT2D eigenvalue weighted by Gasteiger charge is 2.22. The molecule has 1 aliphatic rings. The van der Waals surface area contributed by atoms with Gasteiger partial charge in [0, 0.05) is 19.0 Å². The van der Waals surface area contributed by atoms with E-state index in [0.29, 0.717) is 18.8 Å². The first kappa shape index (κ1) is 9.03. The van der Waals surface area contributed by atoms with E-state index in [1.54, 1.807) is 4.90 Å². The van der Waals surface area contributed by atoms with E-state index in [9.17, 15) is 4.79 Å². The Balaban J connectivity index is 2.65. The molecule has 1 atom stereocenters. The fourth-order valence-electron chi connectivity index (χ4n) is 1.20. The quantitative estimate of drug-likeness (QED) is 0.669. The first-order valence-electron chi connectivity index (χ1n) is 4.28. The lowest BCUT2D eigenvalue weighted by atomic mass is 10.2. The van der Waals surface area contributed by atoms with Crippen molar-refractivity contribution >= 4 is 11.9 Å². The minimum absolute atomic E-state index is 0.187. The van der Waals surface area contributed by atoms with Gasteiger partial charge < -0.3 is 10.6 Å². The molecule has 0 aromatic heterocycles. The Labute approximate surface area is 72.4 Å². The smallest absolute Gasteiger partial charge is 0.345 e. The van der Waals surface area contributed by atoms with Crippen LogP contribution < -0.4 is 5.73 Å². The van der Waals surface area contributed by atoms with Crippen molar-refractivity contribution in [1.29, 1.82) is 0 Å². The van der Waals surface area contributed by atoms with Gasteiger partial charge >= 0.3 is 6.03 Å². The summed E-state index contributed by atoms with van der Waals surface area (Å²) in [7, 11) is 0. The summed E-state index contributed by atoms with van der Waals surface area (Å²) < 4.78 is 0. The Morgan fingerprint density at radius 1 is 1.75 bits per heavy atom. The van der Waals surface area contributed by atoms with E-state index in [1.165, 1.54) is 0 Å². The van der Waals surface area contributed by atoms with Gasteiger partial charge in [-0.3, -0.25) is 0 Å². The molecule has 2 amide bonds. The molecular formula is C8H15N3O. The SMILES string of the molecule is CC[C@@H](C)N1CCC(N)=NC1=O. The summed E-state index contributed by atoms with van der Waals surface area (Å²) in [6.45, 7) is 4.79. The monoisotopic (exact) mass is 169 g/mol. The minimum atomic E-state index is -0.187. The lowest BCUT2D eigenvalue weighted by Crippen LogP contribution is -2.42. The van der Waals surface area contributed by atoms with Gasteiger partial charge in [0.05, 0.1) is 0 Å². The lowest BCUT2D eigenvalue weighted by Gasteiger charge is -2.29. The third-order valence-corrected chi connectivity index (χ3v) is 2.22. The van der Waals surface area contributed by atoms with Crippen molar-refractivity contribution in [1.82, 2.24) is 4.90 Å². The number of hydrogen-bond acceptors (Lipinski definition) is 2. The van der Waals surface area contributed by atoms with Crippen molar-refractivity contribution in [2.45, 2.75) is 32.7 Å². The topological polar surface area (TPSA) is 58.7 Å². The number of amides is 2. The lowest BCUT2D eigenvalue weighted by molar-refractivity contribution is 0.186. The maximum atomic E-state index is 11.3. The Morgan fingerprint density at radius 2 is 2.42 bits per heavy atom. The Kier molecular flexibility index (Phi) is 2.68. The molecule has 0 aromatic carbocycles. The zero-order chi connectivity index (χ0) is 9.14. The van der Waals surface area contributed by atoms with Crippen LogP contribution in [-0.4, -0.2) is 29.4 Å². The van der Waals surface area contributed by atoms with Crippen LogP contribution in [-0.2, 0) is 0 Å². The highest BCUT2D eigenvalue weighted by molar-refractivity contribution is 5.95. The molecule has 0 unspecified atom stereocenters. The van der Waals surface area contributed by atoms with Crippen molar-refractivity contribution in [3.05, 3.63) is 0 Å². The van der Waals surface area contributed by atoms with Crippen LogP contribution in [0, 0.1) is 0 Å². The van der Waals surface area contributed by atoms with Gasteiger partial charge in [0.1, 0.15) is 5.84 Å². The maximum Gasteiger partial charge on any atom is 0.345 e. The van der Waals surface area contributed by atoms with E-state index >= 15 is 0 Å². The Morgan fingerprint density at radius 3 is 2.92 bits per heavy atom. The van der Waals surface area contributed by atoms with E-state index in [1.807, 2.05) is 6.92 Å². The van der Waals surface area contributed by atoms with Gasteiger partial charge in [0.2, 0.25) is 0 Å². The number of nitrogens with zero attached hydrogens (tertiary/aromatic N) is 2. The Hall–Kier alpha value is -1.06. The molecule has 4 heteroatoms. The summed E-state index contributed by atoms with van der Waals surface area (Å²) in [6.07, 6.45) is 1.66. The van der Waals surface area contributed by atoms with Crippen LogP contribution in [0.1, 0.15) is 26.7 Å². The Bertz CT molecular complexity index is 212. The summed E-state index contributed by atoms with van der Waals surface area (Å²) in [5, 5.41) is 0. The van der Waals surface area contributed by atoms with Gasteiger partial charge in [0.15, 0.2) is 0 Å². The van der Waals surface area contributed by atoms with Crippen LogP contribution in [0.2, 0.25) is 0 Å². The molecule has 1 rings (SSSR count). The fraction of sp³-hybridized carbons (Fsp3) is 0.750. The van der Waals surface area contributed by atoms with Gasteiger partial charge in [0.25, 0.3) is 0 Å². The molecule has 1 heterocycles. The van der Waals surface area contributed by atoms with Crippen LogP contribution in [0.25, 0.3) is 0 Å². The molecule has 0 aromatic rings. The standard InChI is InChI=1S/C8H15N3O/c1-3-6(2)11-5-4-7(9)10-8(11)12/h6H,3-5H2,1-2H3,(H2,9,10,12)/t6-/m1/s1. The highest BCUT2D eigenvalue weighted by atomic mass is 16.2. The second-order valence-electron chi connectivity index (χ2n) is 3.09. The fourth-order valence-corrected chi connectivity index (χ4v) is 1.20. The number of carbonyl (C=O) groups is 1. The van der Waals surface area contributed by atoms with E-state index in [4.69, 9.17) is 5.73 Å². The minimum Gasteiger partial charge on any atom is -0.387 e. The molecule has 4 nitrogen and oxygen atoms in total. The molecule has 0 spiro atoms. The second kappa shape index (κ2) is 3.56. The van der Waals surface area contributed by atoms with E-state index in [0.717, 1.165) is 6.42 Å². The number of hydrogen-bond donors (Lipinski definition) is 1. The maximum absolute atomic E-state index is 11.3. The third kappa shape index (κ3) is 1.75. The molecule has 12 heavy (non-hydrogen) atoms. The highest BCUT2D eigenvalue weighted by Crippen LogP contribution is 2.10. The number of aliphatic imine (C=N–C) groups is 1. The number of amidine groups is 1. The molecule has 68 valence electrons. The van der Waals surface area contributed by atoms with Crippen molar-refractivity contribution in [2.24, 2.45) is 10.7 Å². The van der Waals surface area contributed by atoms with Gasteiger partial charge in [-0.1, -0.05) is 6.92 Å². The first-order chi connectivity index (χ1) is 5.65. The summed E-state index contributed by atoms with van der Waals surface area (Å²) >= 11 is 0. The van der Waals surface area contributed by atoms with Crippen LogP contribution in [0.3, 0.4) is 0 Å². The van der Waals surface area contributed by atoms with Gasteiger partial charge in [-0.2, -0.15) is 4.99 Å². The summed E-state index contributed by atoms with van der Waals surface area (Å²) in [6, 6.07) is 0.0856. The molecule has 0 saturated heterocycles. The normalized spacial score (nSPS) is 20.7. The molecular weight excluding hydrogens is 154 g/mol. The average molecular weight is 169 g/mol. The second-order valence-corrected chi connectivity index (χ2v) is 3.09. The van der Waals surface area contributed by atoms with Crippen LogP contribution in [0.15, 0.2) is 4.99 Å². The average Bonchev–Trinajstić information content (AvgIpc) is 2.03. The van der Waals surface area contributed by atoms with E-state index in [-0.39, 0.29) is 12.1 Å². The molecule has 0 radical (unpaired) electrons. The molecule has 1 aliphatic heterocycles. The number of urea groups is 1. The molecule has 0 bridgehead atoms. The van der Waals surface area contributed by atoms with Crippen molar-refractivity contribution < 1.29 is 4.79 Å².